The molecule has 5 rings (SSSR count). The van der Waals surface area contributed by atoms with Crippen molar-refractivity contribution in [3.05, 3.63) is 120 Å². The number of carbonyl (C=O) groups excluding carboxylic acids is 3. The molecule has 0 radical (unpaired) electrons. The van der Waals surface area contributed by atoms with Gasteiger partial charge in [-0.3, -0.25) is 19.3 Å². The van der Waals surface area contributed by atoms with E-state index < -0.39 is 7.26 Å². The Bertz CT molecular complexity index is 1530. The highest BCUT2D eigenvalue weighted by Gasteiger charge is 2.44. The van der Waals surface area contributed by atoms with Crippen molar-refractivity contribution in [1.29, 1.82) is 0 Å². The number of rotatable bonds is 17. The fraction of sp³-hybridized carbons (Fsp3) is 0.341. The van der Waals surface area contributed by atoms with Crippen molar-refractivity contribution in [3.8, 4) is 0 Å². The highest BCUT2D eigenvalue weighted by Crippen LogP contribution is 2.56. The molecule has 0 aromatic heterocycles. The third-order valence-corrected chi connectivity index (χ3v) is 14.0. The monoisotopic (exact) mass is 647 g/mol. The zero-order chi connectivity index (χ0) is 33.1. The Hall–Kier alpha value is -4.08. The lowest BCUT2D eigenvalue weighted by atomic mass is 10.1. The molecule has 1 aliphatic rings. The van der Waals surface area contributed by atoms with E-state index in [1.54, 1.807) is 18.2 Å². The van der Waals surface area contributed by atoms with Crippen LogP contribution in [0, 0.1) is 0 Å². The minimum atomic E-state index is -1.75. The lowest BCUT2D eigenvalue weighted by Crippen LogP contribution is -2.37. The van der Waals surface area contributed by atoms with Crippen LogP contribution in [0.25, 0.3) is 0 Å². The Morgan fingerprint density at radius 2 is 1.13 bits per heavy atom. The van der Waals surface area contributed by atoms with Gasteiger partial charge in [0.1, 0.15) is 23.2 Å². The third-order valence-electron chi connectivity index (χ3n) is 9.49. The number of fused-ring (bicyclic) bond motifs is 1. The molecule has 1 N–H and O–H groups in total. The summed E-state index contributed by atoms with van der Waals surface area (Å²) in [7, 11) is -1.75. The standard InChI is InChI=1S/C41H47N2O3P/c1-3-32(2)43-40(45)36-28-21-29-37(39(36)41(43)46)42-38(44)30-19-8-6-4-5-7-9-20-31-47(33-22-13-10-14-23-33,34-24-15-11-16-25-34)35-26-17-12-18-27-35/h10-18,21-29,32H,3-9,19-20,30-31H2,1-2H3/p+1. The van der Waals surface area contributed by atoms with Crippen LogP contribution in [-0.2, 0) is 4.79 Å². The molecular weight excluding hydrogens is 599 g/mol. The Morgan fingerprint density at radius 3 is 1.64 bits per heavy atom. The summed E-state index contributed by atoms with van der Waals surface area (Å²) in [5, 5.41) is 7.26. The van der Waals surface area contributed by atoms with Crippen LogP contribution in [0.4, 0.5) is 5.69 Å². The molecule has 1 aliphatic heterocycles. The van der Waals surface area contributed by atoms with Crippen molar-refractivity contribution >= 4 is 46.6 Å². The second-order valence-corrected chi connectivity index (χ2v) is 16.2. The van der Waals surface area contributed by atoms with Gasteiger partial charge in [0.05, 0.1) is 23.0 Å². The normalized spacial score (nSPS) is 13.4. The number of unbranched alkanes of at least 4 members (excludes halogenated alkanes) is 7. The molecule has 0 saturated heterocycles. The van der Waals surface area contributed by atoms with Gasteiger partial charge < -0.3 is 5.32 Å². The first kappa shape index (κ1) is 34.3. The average molecular weight is 648 g/mol. The second kappa shape index (κ2) is 16.7. The Kier molecular flexibility index (Phi) is 12.1. The highest BCUT2D eigenvalue weighted by molar-refractivity contribution is 7.95. The zero-order valence-corrected chi connectivity index (χ0v) is 28.8. The molecule has 0 bridgehead atoms. The van der Waals surface area contributed by atoms with Crippen molar-refractivity contribution in [2.24, 2.45) is 0 Å². The van der Waals surface area contributed by atoms with Gasteiger partial charge in [-0.15, -0.1) is 0 Å². The van der Waals surface area contributed by atoms with Crippen molar-refractivity contribution in [1.82, 2.24) is 4.90 Å². The van der Waals surface area contributed by atoms with Crippen LogP contribution in [0.15, 0.2) is 109 Å². The number of benzene rings is 4. The molecule has 0 fully saturated rings. The lowest BCUT2D eigenvalue weighted by Gasteiger charge is -2.27. The summed E-state index contributed by atoms with van der Waals surface area (Å²) < 4.78 is 0. The molecule has 0 saturated carbocycles. The molecule has 1 atom stereocenters. The van der Waals surface area contributed by atoms with E-state index >= 15 is 0 Å². The molecule has 5 nitrogen and oxygen atoms in total. The van der Waals surface area contributed by atoms with E-state index in [1.165, 1.54) is 59.1 Å². The minimum absolute atomic E-state index is 0.109. The van der Waals surface area contributed by atoms with Gasteiger partial charge in [-0.2, -0.15) is 0 Å². The SMILES string of the molecule is CCC(C)N1C(=O)c2cccc(NC(=O)CCCCCCCCCC[P+](c3ccccc3)(c3ccccc3)c3ccccc3)c2C1=O. The molecule has 244 valence electrons. The molecule has 0 spiro atoms. The number of carbonyl (C=O) groups is 3. The first-order valence-corrected chi connectivity index (χ1v) is 19.3. The van der Waals surface area contributed by atoms with Gasteiger partial charge in [0.25, 0.3) is 11.8 Å². The van der Waals surface area contributed by atoms with Gasteiger partial charge in [0.2, 0.25) is 5.91 Å². The van der Waals surface area contributed by atoms with E-state index in [1.807, 2.05) is 13.8 Å². The predicted octanol–water partition coefficient (Wildman–Crippen LogP) is 8.52. The van der Waals surface area contributed by atoms with Gasteiger partial charge in [0, 0.05) is 12.5 Å². The summed E-state index contributed by atoms with van der Waals surface area (Å²) in [6.07, 6.45) is 11.2. The summed E-state index contributed by atoms with van der Waals surface area (Å²) in [4.78, 5) is 39.9. The van der Waals surface area contributed by atoms with Crippen LogP contribution >= 0.6 is 7.26 Å². The number of anilines is 1. The van der Waals surface area contributed by atoms with Gasteiger partial charge in [-0.05, 0) is 81.1 Å². The molecule has 1 heterocycles. The van der Waals surface area contributed by atoms with Gasteiger partial charge in [-0.25, -0.2) is 0 Å². The van der Waals surface area contributed by atoms with E-state index in [-0.39, 0.29) is 23.8 Å². The topological polar surface area (TPSA) is 66.5 Å². The van der Waals surface area contributed by atoms with Crippen LogP contribution in [0.2, 0.25) is 0 Å². The number of hydrogen-bond donors (Lipinski definition) is 1. The van der Waals surface area contributed by atoms with Gasteiger partial charge in [0.15, 0.2) is 0 Å². The van der Waals surface area contributed by atoms with Crippen LogP contribution in [-0.4, -0.2) is 34.8 Å². The second-order valence-electron chi connectivity index (χ2n) is 12.6. The van der Waals surface area contributed by atoms with Crippen LogP contribution < -0.4 is 21.2 Å². The van der Waals surface area contributed by atoms with Crippen molar-refractivity contribution < 1.29 is 14.4 Å². The Labute approximate surface area is 281 Å². The van der Waals surface area contributed by atoms with Crippen LogP contribution in [0.5, 0.6) is 0 Å². The minimum Gasteiger partial charge on any atom is -0.325 e. The van der Waals surface area contributed by atoms with Gasteiger partial charge in [-0.1, -0.05) is 99.7 Å². The number of nitrogens with one attached hydrogen (secondary N) is 1. The zero-order valence-electron chi connectivity index (χ0n) is 27.9. The lowest BCUT2D eigenvalue weighted by molar-refractivity contribution is -0.116. The molecular formula is C41H48N2O3P+. The number of imide groups is 1. The molecule has 1 unspecified atom stereocenters. The van der Waals surface area contributed by atoms with E-state index in [4.69, 9.17) is 0 Å². The van der Waals surface area contributed by atoms with Gasteiger partial charge >= 0.3 is 0 Å². The summed E-state index contributed by atoms with van der Waals surface area (Å²) in [6, 6.07) is 38.3. The molecule has 4 aromatic carbocycles. The Balaban J connectivity index is 1.06. The molecule has 3 amide bonds. The van der Waals surface area contributed by atoms with Crippen LogP contribution in [0.1, 0.15) is 98.8 Å². The smallest absolute Gasteiger partial charge is 0.263 e. The predicted molar refractivity (Wildman–Crippen MR) is 197 cm³/mol. The maximum Gasteiger partial charge on any atom is 0.263 e. The maximum absolute atomic E-state index is 13.0. The van der Waals surface area contributed by atoms with E-state index in [0.29, 0.717) is 29.7 Å². The van der Waals surface area contributed by atoms with E-state index in [9.17, 15) is 14.4 Å². The average Bonchev–Trinajstić information content (AvgIpc) is 3.37. The van der Waals surface area contributed by atoms with Crippen molar-refractivity contribution in [2.45, 2.75) is 84.1 Å². The molecule has 47 heavy (non-hydrogen) atoms. The maximum atomic E-state index is 13.0. The summed E-state index contributed by atoms with van der Waals surface area (Å²) in [5.41, 5.74) is 1.14. The molecule has 4 aromatic rings. The summed E-state index contributed by atoms with van der Waals surface area (Å²) >= 11 is 0. The molecule has 0 aliphatic carbocycles. The first-order valence-electron chi connectivity index (χ1n) is 17.3. The first-order chi connectivity index (χ1) is 23.0. The third kappa shape index (κ3) is 7.91. The van der Waals surface area contributed by atoms with E-state index in [2.05, 4.69) is 96.3 Å². The number of hydrogen-bond acceptors (Lipinski definition) is 3. The fourth-order valence-corrected chi connectivity index (χ4v) is 11.2. The number of amides is 3. The number of nitrogens with zero attached hydrogens (tertiary/aromatic N) is 1. The largest absolute Gasteiger partial charge is 0.325 e. The molecule has 6 heteroatoms. The van der Waals surface area contributed by atoms with Crippen LogP contribution in [0.3, 0.4) is 0 Å². The van der Waals surface area contributed by atoms with E-state index in [0.717, 1.165) is 19.3 Å². The fourth-order valence-electron chi connectivity index (χ4n) is 6.78. The summed E-state index contributed by atoms with van der Waals surface area (Å²) in [5.74, 6) is -0.703. The summed E-state index contributed by atoms with van der Waals surface area (Å²) in [6.45, 7) is 3.82. The Morgan fingerprint density at radius 1 is 0.638 bits per heavy atom. The quantitative estimate of drug-likeness (QED) is 0.0710. The highest BCUT2D eigenvalue weighted by atomic mass is 31.2. The van der Waals surface area contributed by atoms with Crippen molar-refractivity contribution in [2.75, 3.05) is 11.5 Å². The van der Waals surface area contributed by atoms with Crippen molar-refractivity contribution in [3.63, 3.8) is 0 Å².